The number of rotatable bonds is 4. The molecule has 4 nitrogen and oxygen atoms in total. The van der Waals surface area contributed by atoms with Crippen LogP contribution in [0, 0.1) is 0 Å². The number of hydrogen-bond donors (Lipinski definition) is 0. The van der Waals surface area contributed by atoms with Crippen molar-refractivity contribution in [2.45, 2.75) is 0 Å². The second-order valence-electron chi connectivity index (χ2n) is 4.85. The van der Waals surface area contributed by atoms with Crippen LogP contribution in [0.4, 0.5) is 0 Å². The minimum Gasteiger partial charge on any atom is -0.495 e. The first-order valence-electron chi connectivity index (χ1n) is 6.38. The molecule has 0 radical (unpaired) electrons. The van der Waals surface area contributed by atoms with Gasteiger partial charge in [0.05, 0.1) is 18.7 Å². The summed E-state index contributed by atoms with van der Waals surface area (Å²) < 4.78 is 5.08. The molecule has 0 aliphatic carbocycles. The van der Waals surface area contributed by atoms with E-state index in [4.69, 9.17) is 16.3 Å². The van der Waals surface area contributed by atoms with E-state index in [1.807, 2.05) is 0 Å². The summed E-state index contributed by atoms with van der Waals surface area (Å²) in [5.41, 5.74) is 0.643. The van der Waals surface area contributed by atoms with Crippen LogP contribution in [0.15, 0.2) is 18.2 Å². The highest BCUT2D eigenvalue weighted by molar-refractivity contribution is 6.32. The molecule has 19 heavy (non-hydrogen) atoms. The minimum absolute atomic E-state index is 0.106. The molecule has 104 valence electrons. The van der Waals surface area contributed by atoms with Crippen LogP contribution >= 0.6 is 11.6 Å². The van der Waals surface area contributed by atoms with Crippen molar-refractivity contribution >= 4 is 17.4 Å². The zero-order valence-electron chi connectivity index (χ0n) is 11.4. The van der Waals surface area contributed by atoms with Gasteiger partial charge < -0.3 is 9.64 Å². The fraction of sp³-hybridized carbons (Fsp3) is 0.500. The highest BCUT2D eigenvalue weighted by Crippen LogP contribution is 2.25. The van der Waals surface area contributed by atoms with E-state index in [0.29, 0.717) is 22.9 Å². The van der Waals surface area contributed by atoms with Crippen LogP contribution in [0.1, 0.15) is 10.4 Å². The number of ketones is 1. The predicted molar refractivity (Wildman–Crippen MR) is 76.3 cm³/mol. The standard InChI is InChI=1S/C14H19ClN2O2/c1-16-5-7-17(8-6-16)10-13(18)11-3-4-14(19-2)12(15)9-11/h3-4,9H,5-8,10H2,1-2H3. The van der Waals surface area contributed by atoms with Crippen molar-refractivity contribution in [3.63, 3.8) is 0 Å². The highest BCUT2D eigenvalue weighted by Gasteiger charge is 2.18. The monoisotopic (exact) mass is 282 g/mol. The van der Waals surface area contributed by atoms with E-state index < -0.39 is 0 Å². The van der Waals surface area contributed by atoms with Gasteiger partial charge in [0.1, 0.15) is 5.75 Å². The predicted octanol–water partition coefficient (Wildman–Crippen LogP) is 1.78. The molecule has 0 bridgehead atoms. The van der Waals surface area contributed by atoms with Gasteiger partial charge in [0.25, 0.3) is 0 Å². The Hall–Kier alpha value is -1.10. The minimum atomic E-state index is 0.106. The summed E-state index contributed by atoms with van der Waals surface area (Å²) in [5, 5.41) is 0.478. The van der Waals surface area contributed by atoms with Crippen molar-refractivity contribution in [1.82, 2.24) is 9.80 Å². The Kier molecular flexibility index (Phi) is 4.80. The van der Waals surface area contributed by atoms with Gasteiger partial charge in [-0.3, -0.25) is 9.69 Å². The second kappa shape index (κ2) is 6.37. The van der Waals surface area contributed by atoms with E-state index in [1.165, 1.54) is 0 Å². The number of hydrogen-bond acceptors (Lipinski definition) is 4. The van der Waals surface area contributed by atoms with Gasteiger partial charge >= 0.3 is 0 Å². The Morgan fingerprint density at radius 3 is 2.58 bits per heavy atom. The molecule has 1 aromatic rings. The van der Waals surface area contributed by atoms with Crippen molar-refractivity contribution in [2.75, 3.05) is 46.9 Å². The molecule has 0 saturated carbocycles. The smallest absolute Gasteiger partial charge is 0.176 e. The molecule has 0 atom stereocenters. The summed E-state index contributed by atoms with van der Waals surface area (Å²) in [4.78, 5) is 16.6. The van der Waals surface area contributed by atoms with Crippen molar-refractivity contribution in [2.24, 2.45) is 0 Å². The number of methoxy groups -OCH3 is 1. The van der Waals surface area contributed by atoms with Crippen LogP contribution in [-0.4, -0.2) is 62.5 Å². The van der Waals surface area contributed by atoms with Crippen LogP contribution in [0.25, 0.3) is 0 Å². The molecule has 1 aromatic carbocycles. The first-order valence-corrected chi connectivity index (χ1v) is 6.75. The average Bonchev–Trinajstić information content (AvgIpc) is 2.41. The first-order chi connectivity index (χ1) is 9.10. The summed E-state index contributed by atoms with van der Waals surface area (Å²) >= 11 is 6.04. The molecule has 0 N–H and O–H groups in total. The van der Waals surface area contributed by atoms with Crippen LogP contribution in [-0.2, 0) is 0 Å². The third-order valence-electron chi connectivity index (χ3n) is 3.44. The number of carbonyl (C=O) groups excluding carboxylic acids is 1. The fourth-order valence-electron chi connectivity index (χ4n) is 2.14. The van der Waals surface area contributed by atoms with E-state index in [2.05, 4.69) is 16.8 Å². The third kappa shape index (κ3) is 3.69. The van der Waals surface area contributed by atoms with E-state index in [-0.39, 0.29) is 5.78 Å². The summed E-state index contributed by atoms with van der Waals surface area (Å²) in [6.07, 6.45) is 0. The number of halogens is 1. The summed E-state index contributed by atoms with van der Waals surface area (Å²) in [5.74, 6) is 0.701. The van der Waals surface area contributed by atoms with Gasteiger partial charge in [-0.05, 0) is 25.2 Å². The van der Waals surface area contributed by atoms with E-state index >= 15 is 0 Å². The number of carbonyl (C=O) groups is 1. The van der Waals surface area contributed by atoms with Gasteiger partial charge in [-0.25, -0.2) is 0 Å². The maximum absolute atomic E-state index is 12.2. The quantitative estimate of drug-likeness (QED) is 0.788. The fourth-order valence-corrected chi connectivity index (χ4v) is 2.40. The van der Waals surface area contributed by atoms with Gasteiger partial charge in [-0.1, -0.05) is 11.6 Å². The van der Waals surface area contributed by atoms with Gasteiger partial charge in [0.2, 0.25) is 0 Å². The number of piperazine rings is 1. The normalized spacial score (nSPS) is 17.4. The maximum atomic E-state index is 12.2. The zero-order chi connectivity index (χ0) is 13.8. The second-order valence-corrected chi connectivity index (χ2v) is 5.26. The van der Waals surface area contributed by atoms with Gasteiger partial charge in [0, 0.05) is 31.7 Å². The molecule has 0 amide bonds. The van der Waals surface area contributed by atoms with Gasteiger partial charge in [0.15, 0.2) is 5.78 Å². The van der Waals surface area contributed by atoms with Crippen LogP contribution < -0.4 is 4.74 Å². The molecule has 0 unspecified atom stereocenters. The van der Waals surface area contributed by atoms with Crippen molar-refractivity contribution in [3.8, 4) is 5.75 Å². The molecular formula is C14H19ClN2O2. The molecule has 1 fully saturated rings. The van der Waals surface area contributed by atoms with E-state index in [0.717, 1.165) is 26.2 Å². The summed E-state index contributed by atoms with van der Waals surface area (Å²) in [6.45, 7) is 4.35. The first kappa shape index (κ1) is 14.3. The molecule has 5 heteroatoms. The SMILES string of the molecule is COc1ccc(C(=O)CN2CCN(C)CC2)cc1Cl. The Bertz CT molecular complexity index is 457. The van der Waals surface area contributed by atoms with E-state index in [9.17, 15) is 4.79 Å². The van der Waals surface area contributed by atoms with Crippen molar-refractivity contribution in [1.29, 1.82) is 0 Å². The number of Topliss-reactive ketones (excluding diaryl/α,β-unsaturated/α-hetero) is 1. The maximum Gasteiger partial charge on any atom is 0.176 e. The molecule has 1 aliphatic rings. The molecule has 1 aliphatic heterocycles. The number of ether oxygens (including phenoxy) is 1. The topological polar surface area (TPSA) is 32.8 Å². The summed E-state index contributed by atoms with van der Waals surface area (Å²) in [6, 6.07) is 5.18. The third-order valence-corrected chi connectivity index (χ3v) is 3.73. The Morgan fingerprint density at radius 2 is 2.00 bits per heavy atom. The van der Waals surface area contributed by atoms with Crippen molar-refractivity contribution < 1.29 is 9.53 Å². The molecule has 1 heterocycles. The largest absolute Gasteiger partial charge is 0.495 e. The van der Waals surface area contributed by atoms with Crippen LogP contribution in [0.5, 0.6) is 5.75 Å². The summed E-state index contributed by atoms with van der Waals surface area (Å²) in [7, 11) is 3.66. The van der Waals surface area contributed by atoms with Crippen LogP contribution in [0.2, 0.25) is 5.02 Å². The molecule has 1 saturated heterocycles. The lowest BCUT2D eigenvalue weighted by atomic mass is 10.1. The van der Waals surface area contributed by atoms with Gasteiger partial charge in [-0.15, -0.1) is 0 Å². The zero-order valence-corrected chi connectivity index (χ0v) is 12.1. The van der Waals surface area contributed by atoms with Gasteiger partial charge in [-0.2, -0.15) is 0 Å². The van der Waals surface area contributed by atoms with Crippen molar-refractivity contribution in [3.05, 3.63) is 28.8 Å². The lowest BCUT2D eigenvalue weighted by Gasteiger charge is -2.31. The number of nitrogens with zero attached hydrogens (tertiary/aromatic N) is 2. The lowest BCUT2D eigenvalue weighted by Crippen LogP contribution is -2.46. The molecular weight excluding hydrogens is 264 g/mol. The molecule has 0 aromatic heterocycles. The number of likely N-dealkylation sites (N-methyl/N-ethyl adjacent to an activating group) is 1. The number of benzene rings is 1. The Balaban J connectivity index is 1.98. The Labute approximate surface area is 118 Å². The van der Waals surface area contributed by atoms with Crippen LogP contribution in [0.3, 0.4) is 0 Å². The Morgan fingerprint density at radius 1 is 1.32 bits per heavy atom. The lowest BCUT2D eigenvalue weighted by molar-refractivity contribution is 0.0876. The highest BCUT2D eigenvalue weighted by atomic mass is 35.5. The average molecular weight is 283 g/mol. The molecule has 0 spiro atoms. The van der Waals surface area contributed by atoms with E-state index in [1.54, 1.807) is 25.3 Å². The molecule has 2 rings (SSSR count).